The predicted molar refractivity (Wildman–Crippen MR) is 65.9 cm³/mol. The maximum Gasteiger partial charge on any atom is 0.0848 e. The molecular formula is C12H14ClN3O. The van der Waals surface area contributed by atoms with Gasteiger partial charge in [-0.3, -0.25) is 9.67 Å². The predicted octanol–water partition coefficient (Wildman–Crippen LogP) is 2.05. The highest BCUT2D eigenvalue weighted by Gasteiger charge is 2.16. The second-order valence-corrected chi connectivity index (χ2v) is 4.35. The Morgan fingerprint density at radius 2 is 2.06 bits per heavy atom. The first-order valence-corrected chi connectivity index (χ1v) is 5.73. The molecule has 0 spiro atoms. The third-order valence-corrected chi connectivity index (χ3v) is 3.23. The summed E-state index contributed by atoms with van der Waals surface area (Å²) < 4.78 is 1.71. The molecule has 2 rings (SSSR count). The summed E-state index contributed by atoms with van der Waals surface area (Å²) >= 11 is 6.14. The van der Waals surface area contributed by atoms with Gasteiger partial charge in [-0.25, -0.2) is 0 Å². The lowest BCUT2D eigenvalue weighted by atomic mass is 10.1. The van der Waals surface area contributed by atoms with Crippen LogP contribution in [0.25, 0.3) is 0 Å². The van der Waals surface area contributed by atoms with Crippen molar-refractivity contribution in [1.82, 2.24) is 14.8 Å². The summed E-state index contributed by atoms with van der Waals surface area (Å²) in [5.41, 5.74) is 2.45. The molecule has 2 heterocycles. The summed E-state index contributed by atoms with van der Waals surface area (Å²) in [5.74, 6) is 0. The molecule has 4 nitrogen and oxygen atoms in total. The van der Waals surface area contributed by atoms with Crippen LogP contribution in [0.4, 0.5) is 0 Å². The number of aryl methyl sites for hydroxylation is 2. The normalized spacial score (nSPS) is 12.7. The molecule has 90 valence electrons. The molecule has 0 radical (unpaired) electrons. The zero-order valence-corrected chi connectivity index (χ0v) is 10.5. The standard InChI is InChI=1S/C12H14ClN3O/c1-8-12(13)10(16(2)15-8)7-11(17)9-3-5-14-6-4-9/h3-6,11,17H,7H2,1-2H3. The van der Waals surface area contributed by atoms with E-state index in [9.17, 15) is 5.11 Å². The van der Waals surface area contributed by atoms with Crippen LogP contribution >= 0.6 is 11.6 Å². The first-order valence-electron chi connectivity index (χ1n) is 5.35. The highest BCUT2D eigenvalue weighted by Crippen LogP contribution is 2.25. The van der Waals surface area contributed by atoms with Gasteiger partial charge in [0, 0.05) is 25.9 Å². The van der Waals surface area contributed by atoms with E-state index in [1.54, 1.807) is 29.2 Å². The zero-order chi connectivity index (χ0) is 12.4. The summed E-state index contributed by atoms with van der Waals surface area (Å²) in [6.07, 6.45) is 3.18. The van der Waals surface area contributed by atoms with Crippen molar-refractivity contribution in [2.75, 3.05) is 0 Å². The van der Waals surface area contributed by atoms with Crippen molar-refractivity contribution in [1.29, 1.82) is 0 Å². The fraction of sp³-hybridized carbons (Fsp3) is 0.333. The van der Waals surface area contributed by atoms with Gasteiger partial charge >= 0.3 is 0 Å². The van der Waals surface area contributed by atoms with Crippen LogP contribution in [0, 0.1) is 6.92 Å². The van der Waals surface area contributed by atoms with E-state index in [1.165, 1.54) is 0 Å². The van der Waals surface area contributed by atoms with Crippen LogP contribution in [0.5, 0.6) is 0 Å². The summed E-state index contributed by atoms with van der Waals surface area (Å²) in [5, 5.41) is 14.9. The molecule has 0 aliphatic rings. The Morgan fingerprint density at radius 3 is 2.59 bits per heavy atom. The molecule has 0 saturated carbocycles. The van der Waals surface area contributed by atoms with Gasteiger partial charge in [0.1, 0.15) is 0 Å². The maximum absolute atomic E-state index is 10.1. The van der Waals surface area contributed by atoms with Crippen molar-refractivity contribution in [3.63, 3.8) is 0 Å². The van der Waals surface area contributed by atoms with E-state index in [0.29, 0.717) is 11.4 Å². The lowest BCUT2D eigenvalue weighted by molar-refractivity contribution is 0.175. The number of aliphatic hydroxyl groups is 1. The summed E-state index contributed by atoms with van der Waals surface area (Å²) in [7, 11) is 1.83. The van der Waals surface area contributed by atoms with Crippen LogP contribution in [0.3, 0.4) is 0 Å². The van der Waals surface area contributed by atoms with Gasteiger partial charge < -0.3 is 5.11 Å². The topological polar surface area (TPSA) is 50.9 Å². The number of nitrogens with zero attached hydrogens (tertiary/aromatic N) is 3. The van der Waals surface area contributed by atoms with E-state index in [-0.39, 0.29) is 0 Å². The van der Waals surface area contributed by atoms with Gasteiger partial charge in [0.25, 0.3) is 0 Å². The quantitative estimate of drug-likeness (QED) is 0.908. The lowest BCUT2D eigenvalue weighted by Crippen LogP contribution is -2.06. The molecule has 0 bridgehead atoms. The van der Waals surface area contributed by atoms with E-state index >= 15 is 0 Å². The number of pyridine rings is 1. The second-order valence-electron chi connectivity index (χ2n) is 3.97. The first kappa shape index (κ1) is 12.1. The molecule has 2 aromatic rings. The average Bonchev–Trinajstić information content (AvgIpc) is 2.57. The number of halogens is 1. The molecular weight excluding hydrogens is 238 g/mol. The van der Waals surface area contributed by atoms with Crippen molar-refractivity contribution in [3.05, 3.63) is 46.5 Å². The van der Waals surface area contributed by atoms with Crippen molar-refractivity contribution < 1.29 is 5.11 Å². The van der Waals surface area contributed by atoms with E-state index in [4.69, 9.17) is 11.6 Å². The monoisotopic (exact) mass is 251 g/mol. The lowest BCUT2D eigenvalue weighted by Gasteiger charge is -2.11. The Bertz CT molecular complexity index is 510. The van der Waals surface area contributed by atoms with Crippen LogP contribution < -0.4 is 0 Å². The van der Waals surface area contributed by atoms with Crippen molar-refractivity contribution in [2.45, 2.75) is 19.4 Å². The largest absolute Gasteiger partial charge is 0.388 e. The van der Waals surface area contributed by atoms with E-state index in [0.717, 1.165) is 17.0 Å². The molecule has 2 aromatic heterocycles. The minimum atomic E-state index is -0.592. The van der Waals surface area contributed by atoms with Gasteiger partial charge in [0.15, 0.2) is 0 Å². The Hall–Kier alpha value is -1.39. The number of hydrogen-bond acceptors (Lipinski definition) is 3. The molecule has 0 aliphatic heterocycles. The average molecular weight is 252 g/mol. The minimum Gasteiger partial charge on any atom is -0.388 e. The minimum absolute atomic E-state index is 0.445. The molecule has 0 saturated heterocycles. The third-order valence-electron chi connectivity index (χ3n) is 2.74. The van der Waals surface area contributed by atoms with Crippen molar-refractivity contribution in [2.24, 2.45) is 7.05 Å². The van der Waals surface area contributed by atoms with Crippen LogP contribution in [-0.2, 0) is 13.5 Å². The van der Waals surface area contributed by atoms with Crippen LogP contribution in [-0.4, -0.2) is 19.9 Å². The van der Waals surface area contributed by atoms with Gasteiger partial charge in [-0.05, 0) is 24.6 Å². The van der Waals surface area contributed by atoms with Crippen LogP contribution in [0.15, 0.2) is 24.5 Å². The summed E-state index contributed by atoms with van der Waals surface area (Å²) in [6, 6.07) is 3.59. The van der Waals surface area contributed by atoms with E-state index in [2.05, 4.69) is 10.1 Å². The number of aliphatic hydroxyl groups excluding tert-OH is 1. The van der Waals surface area contributed by atoms with Gasteiger partial charge in [0.05, 0.1) is 22.5 Å². The Kier molecular flexibility index (Phi) is 3.45. The molecule has 1 unspecified atom stereocenters. The molecule has 5 heteroatoms. The Balaban J connectivity index is 2.22. The van der Waals surface area contributed by atoms with Crippen LogP contribution in [0.1, 0.15) is 23.1 Å². The van der Waals surface area contributed by atoms with Crippen molar-refractivity contribution >= 4 is 11.6 Å². The van der Waals surface area contributed by atoms with E-state index < -0.39 is 6.10 Å². The van der Waals surface area contributed by atoms with Gasteiger partial charge in [-0.1, -0.05) is 11.6 Å². The first-order chi connectivity index (χ1) is 8.09. The second kappa shape index (κ2) is 4.85. The Morgan fingerprint density at radius 1 is 1.41 bits per heavy atom. The number of rotatable bonds is 3. The van der Waals surface area contributed by atoms with Crippen molar-refractivity contribution in [3.8, 4) is 0 Å². The van der Waals surface area contributed by atoms with Gasteiger partial charge in [-0.15, -0.1) is 0 Å². The molecule has 0 fully saturated rings. The molecule has 0 amide bonds. The molecule has 17 heavy (non-hydrogen) atoms. The fourth-order valence-corrected chi connectivity index (χ4v) is 2.03. The molecule has 0 aromatic carbocycles. The zero-order valence-electron chi connectivity index (χ0n) is 9.76. The van der Waals surface area contributed by atoms with E-state index in [1.807, 2.05) is 14.0 Å². The Labute approximate surface area is 105 Å². The van der Waals surface area contributed by atoms with Gasteiger partial charge in [-0.2, -0.15) is 5.10 Å². The maximum atomic E-state index is 10.1. The smallest absolute Gasteiger partial charge is 0.0848 e. The molecule has 1 N–H and O–H groups in total. The summed E-state index contributed by atoms with van der Waals surface area (Å²) in [6.45, 7) is 1.85. The number of aromatic nitrogens is 3. The molecule has 0 aliphatic carbocycles. The summed E-state index contributed by atoms with van der Waals surface area (Å²) in [4.78, 5) is 3.92. The SMILES string of the molecule is Cc1nn(C)c(CC(O)c2ccncc2)c1Cl. The highest BCUT2D eigenvalue weighted by molar-refractivity contribution is 6.31. The number of hydrogen-bond donors (Lipinski definition) is 1. The third kappa shape index (κ3) is 2.48. The van der Waals surface area contributed by atoms with Crippen LogP contribution in [0.2, 0.25) is 5.02 Å². The molecule has 1 atom stereocenters. The fourth-order valence-electron chi connectivity index (χ4n) is 1.79. The highest BCUT2D eigenvalue weighted by atomic mass is 35.5. The van der Waals surface area contributed by atoms with Gasteiger partial charge in [0.2, 0.25) is 0 Å².